The Kier molecular flexibility index (Phi) is 9.17. The van der Waals surface area contributed by atoms with E-state index in [0.717, 1.165) is 21.7 Å². The molecule has 0 saturated heterocycles. The van der Waals surface area contributed by atoms with Crippen molar-refractivity contribution in [1.82, 2.24) is 14.5 Å². The molecule has 168 valence electrons. The molecule has 2 rings (SSSR count). The molecule has 2 amide bonds. The summed E-state index contributed by atoms with van der Waals surface area (Å²) in [4.78, 5) is 27.6. The number of benzene rings is 2. The highest BCUT2D eigenvalue weighted by Crippen LogP contribution is 2.15. The summed E-state index contributed by atoms with van der Waals surface area (Å²) < 4.78 is 24.6. The topological polar surface area (TPSA) is 107 Å². The lowest BCUT2D eigenvalue weighted by Crippen LogP contribution is -2.53. The van der Waals surface area contributed by atoms with E-state index in [1.165, 1.54) is 11.9 Å². The van der Waals surface area contributed by atoms with Crippen molar-refractivity contribution >= 4 is 21.8 Å². The molecule has 31 heavy (non-hydrogen) atoms. The highest BCUT2D eigenvalue weighted by molar-refractivity contribution is 7.88. The number of hydrogen-bond acceptors (Lipinski definition) is 5. The number of aliphatic hydroxyl groups is 1. The van der Waals surface area contributed by atoms with Crippen LogP contribution in [0.3, 0.4) is 0 Å². The van der Waals surface area contributed by atoms with E-state index in [0.29, 0.717) is 0 Å². The molecule has 2 aromatic rings. The van der Waals surface area contributed by atoms with Crippen molar-refractivity contribution in [2.24, 2.45) is 0 Å². The number of hydrogen-bond donors (Lipinski definition) is 2. The van der Waals surface area contributed by atoms with Gasteiger partial charge in [0.15, 0.2) is 0 Å². The Morgan fingerprint density at radius 2 is 1.55 bits per heavy atom. The molecule has 1 atom stereocenters. The first-order valence-electron chi connectivity index (χ1n) is 9.89. The fourth-order valence-corrected chi connectivity index (χ4v) is 3.37. The van der Waals surface area contributed by atoms with E-state index in [1.54, 1.807) is 0 Å². The number of rotatable bonds is 11. The van der Waals surface area contributed by atoms with Crippen molar-refractivity contribution in [3.8, 4) is 0 Å². The van der Waals surface area contributed by atoms with Crippen molar-refractivity contribution < 1.29 is 23.1 Å². The summed E-state index contributed by atoms with van der Waals surface area (Å²) in [6.07, 6.45) is 1.27. The Hall–Kier alpha value is -2.75. The molecule has 0 radical (unpaired) electrons. The van der Waals surface area contributed by atoms with E-state index in [9.17, 15) is 18.0 Å². The van der Waals surface area contributed by atoms with E-state index in [-0.39, 0.29) is 32.7 Å². The minimum Gasteiger partial charge on any atom is -0.395 e. The molecule has 0 saturated carbocycles. The van der Waals surface area contributed by atoms with Crippen LogP contribution in [-0.4, -0.2) is 73.6 Å². The van der Waals surface area contributed by atoms with Crippen LogP contribution in [0, 0.1) is 0 Å². The third kappa shape index (κ3) is 7.78. The highest BCUT2D eigenvalue weighted by Gasteiger charge is 2.31. The first-order valence-corrected chi connectivity index (χ1v) is 11.7. The standard InChI is InChI=1S/C22H29N3O5S/c1-24(31(2,29)30)17-21(27)25(16-19-11-7-4-8-12-19)20(22(28)23-13-14-26)15-18-9-5-3-6-10-18/h3-12,20,26H,13-17H2,1-2H3,(H,23,28). The van der Waals surface area contributed by atoms with Crippen LogP contribution in [0.4, 0.5) is 0 Å². The summed E-state index contributed by atoms with van der Waals surface area (Å²) in [5.41, 5.74) is 1.67. The molecule has 2 N–H and O–H groups in total. The number of nitrogens with one attached hydrogen (secondary N) is 1. The van der Waals surface area contributed by atoms with Crippen molar-refractivity contribution in [2.45, 2.75) is 19.0 Å². The normalized spacial score (nSPS) is 12.4. The van der Waals surface area contributed by atoms with Crippen molar-refractivity contribution in [3.63, 3.8) is 0 Å². The van der Waals surface area contributed by atoms with E-state index in [4.69, 9.17) is 5.11 Å². The molecule has 1 unspecified atom stereocenters. The zero-order valence-electron chi connectivity index (χ0n) is 17.8. The first kappa shape index (κ1) is 24.5. The van der Waals surface area contributed by atoms with Gasteiger partial charge in [-0.3, -0.25) is 9.59 Å². The van der Waals surface area contributed by atoms with Crippen LogP contribution in [0.1, 0.15) is 11.1 Å². The average molecular weight is 448 g/mol. The number of sulfonamides is 1. The number of amides is 2. The van der Waals surface area contributed by atoms with Gasteiger partial charge in [-0.15, -0.1) is 0 Å². The summed E-state index contributed by atoms with van der Waals surface area (Å²) >= 11 is 0. The highest BCUT2D eigenvalue weighted by atomic mass is 32.2. The smallest absolute Gasteiger partial charge is 0.243 e. The molecule has 0 heterocycles. The molecule has 0 aliphatic carbocycles. The molecular weight excluding hydrogens is 418 g/mol. The second-order valence-corrected chi connectivity index (χ2v) is 9.34. The van der Waals surface area contributed by atoms with Crippen molar-refractivity contribution in [3.05, 3.63) is 71.8 Å². The molecule has 0 fully saturated rings. The van der Waals surface area contributed by atoms with Crippen LogP contribution in [-0.2, 0) is 32.6 Å². The van der Waals surface area contributed by atoms with Gasteiger partial charge in [-0.1, -0.05) is 60.7 Å². The summed E-state index contributed by atoms with van der Waals surface area (Å²) in [5.74, 6) is -0.902. The minimum atomic E-state index is -3.57. The molecular formula is C22H29N3O5S. The lowest BCUT2D eigenvalue weighted by Gasteiger charge is -2.32. The summed E-state index contributed by atoms with van der Waals surface area (Å²) in [6, 6.07) is 17.6. The monoisotopic (exact) mass is 447 g/mol. The number of carbonyl (C=O) groups excluding carboxylic acids is 2. The van der Waals surface area contributed by atoms with E-state index in [1.807, 2.05) is 60.7 Å². The van der Waals surface area contributed by atoms with Gasteiger partial charge in [-0.05, 0) is 11.1 Å². The zero-order chi connectivity index (χ0) is 22.9. The predicted molar refractivity (Wildman–Crippen MR) is 118 cm³/mol. The first-order chi connectivity index (χ1) is 14.7. The van der Waals surface area contributed by atoms with Gasteiger partial charge in [0.1, 0.15) is 6.04 Å². The Morgan fingerprint density at radius 1 is 1.00 bits per heavy atom. The fraction of sp³-hybridized carbons (Fsp3) is 0.364. The third-order valence-electron chi connectivity index (χ3n) is 4.80. The van der Waals surface area contributed by atoms with Crippen molar-refractivity contribution in [2.75, 3.05) is 33.0 Å². The van der Waals surface area contributed by atoms with Crippen LogP contribution >= 0.6 is 0 Å². The van der Waals surface area contributed by atoms with Gasteiger partial charge in [0.2, 0.25) is 21.8 Å². The SMILES string of the molecule is CN(CC(=O)N(Cc1ccccc1)C(Cc1ccccc1)C(=O)NCCO)S(C)(=O)=O. The van der Waals surface area contributed by atoms with E-state index >= 15 is 0 Å². The predicted octanol–water partition coefficient (Wildman–Crippen LogP) is 0.626. The minimum absolute atomic E-state index is 0.0563. The number of aliphatic hydroxyl groups excluding tert-OH is 1. The lowest BCUT2D eigenvalue weighted by atomic mass is 10.0. The maximum Gasteiger partial charge on any atom is 0.243 e. The largest absolute Gasteiger partial charge is 0.395 e. The van der Waals surface area contributed by atoms with Gasteiger partial charge in [0.25, 0.3) is 0 Å². The second kappa shape index (κ2) is 11.6. The Balaban J connectivity index is 2.39. The van der Waals surface area contributed by atoms with Crippen LogP contribution in [0.25, 0.3) is 0 Å². The summed E-state index contributed by atoms with van der Waals surface area (Å²) in [7, 11) is -2.25. The number of likely N-dealkylation sites (N-methyl/N-ethyl adjacent to an activating group) is 1. The quantitative estimate of drug-likeness (QED) is 0.525. The van der Waals surface area contributed by atoms with Crippen LogP contribution < -0.4 is 5.32 Å². The zero-order valence-corrected chi connectivity index (χ0v) is 18.6. The van der Waals surface area contributed by atoms with E-state index in [2.05, 4.69) is 5.32 Å². The molecule has 0 spiro atoms. The molecule has 0 aromatic heterocycles. The van der Waals surface area contributed by atoms with Gasteiger partial charge in [0, 0.05) is 26.6 Å². The maximum atomic E-state index is 13.2. The van der Waals surface area contributed by atoms with Crippen molar-refractivity contribution in [1.29, 1.82) is 0 Å². The molecule has 0 aliphatic heterocycles. The van der Waals surface area contributed by atoms with E-state index < -0.39 is 27.9 Å². The van der Waals surface area contributed by atoms with Crippen LogP contribution in [0.2, 0.25) is 0 Å². The van der Waals surface area contributed by atoms with Crippen LogP contribution in [0.15, 0.2) is 60.7 Å². The van der Waals surface area contributed by atoms with Gasteiger partial charge in [0.05, 0.1) is 19.4 Å². The Bertz CT molecular complexity index is 952. The second-order valence-electron chi connectivity index (χ2n) is 7.25. The molecule has 0 bridgehead atoms. The van der Waals surface area contributed by atoms with Gasteiger partial charge >= 0.3 is 0 Å². The van der Waals surface area contributed by atoms with Crippen LogP contribution in [0.5, 0.6) is 0 Å². The summed E-state index contributed by atoms with van der Waals surface area (Å²) in [5, 5.41) is 11.8. The molecule has 9 heteroatoms. The number of nitrogens with zero attached hydrogens (tertiary/aromatic N) is 2. The summed E-state index contributed by atoms with van der Waals surface area (Å²) in [6.45, 7) is -0.417. The molecule has 8 nitrogen and oxygen atoms in total. The fourth-order valence-electron chi connectivity index (χ4n) is 3.03. The third-order valence-corrected chi connectivity index (χ3v) is 6.06. The number of carbonyl (C=O) groups is 2. The van der Waals surface area contributed by atoms with Gasteiger partial charge < -0.3 is 15.3 Å². The molecule has 0 aliphatic rings. The maximum absolute atomic E-state index is 13.2. The Morgan fingerprint density at radius 3 is 2.06 bits per heavy atom. The Labute approximate surface area is 183 Å². The van der Waals surface area contributed by atoms with Gasteiger partial charge in [-0.25, -0.2) is 8.42 Å². The molecule has 2 aromatic carbocycles. The lowest BCUT2D eigenvalue weighted by molar-refractivity contribution is -0.141. The van der Waals surface area contributed by atoms with Gasteiger partial charge in [-0.2, -0.15) is 4.31 Å². The average Bonchev–Trinajstić information content (AvgIpc) is 2.75.